The number of rotatable bonds is 3. The Morgan fingerprint density at radius 3 is 2.76 bits per heavy atom. The third-order valence-electron chi connectivity index (χ3n) is 2.75. The SMILES string of the molecule is CCOC(=O)N1CCCC(C(=O)NC(C)C)C1. The first kappa shape index (κ1) is 13.8. The molecule has 1 saturated heterocycles. The molecule has 1 fully saturated rings. The van der Waals surface area contributed by atoms with E-state index in [2.05, 4.69) is 5.32 Å². The lowest BCUT2D eigenvalue weighted by Gasteiger charge is -2.31. The van der Waals surface area contributed by atoms with E-state index in [4.69, 9.17) is 4.74 Å². The van der Waals surface area contributed by atoms with Gasteiger partial charge in [0.2, 0.25) is 5.91 Å². The number of amides is 2. The van der Waals surface area contributed by atoms with Crippen LogP contribution in [0.3, 0.4) is 0 Å². The lowest BCUT2D eigenvalue weighted by Crippen LogP contribution is -2.46. The van der Waals surface area contributed by atoms with Gasteiger partial charge in [-0.1, -0.05) is 0 Å². The minimum Gasteiger partial charge on any atom is -0.450 e. The second-order valence-corrected chi connectivity index (χ2v) is 4.65. The molecule has 0 radical (unpaired) electrons. The molecular weight excluding hydrogens is 220 g/mol. The van der Waals surface area contributed by atoms with Crippen molar-refractivity contribution in [2.75, 3.05) is 19.7 Å². The highest BCUT2D eigenvalue weighted by Crippen LogP contribution is 2.17. The van der Waals surface area contributed by atoms with Gasteiger partial charge in [-0.2, -0.15) is 0 Å². The average molecular weight is 242 g/mol. The molecule has 1 heterocycles. The Balaban J connectivity index is 2.48. The van der Waals surface area contributed by atoms with Crippen LogP contribution in [0.2, 0.25) is 0 Å². The Labute approximate surface area is 102 Å². The fourth-order valence-electron chi connectivity index (χ4n) is 1.97. The Hall–Kier alpha value is -1.26. The van der Waals surface area contributed by atoms with Crippen molar-refractivity contribution in [2.24, 2.45) is 5.92 Å². The van der Waals surface area contributed by atoms with Crippen molar-refractivity contribution >= 4 is 12.0 Å². The van der Waals surface area contributed by atoms with Crippen LogP contribution in [0, 0.1) is 5.92 Å². The van der Waals surface area contributed by atoms with Crippen molar-refractivity contribution < 1.29 is 14.3 Å². The largest absolute Gasteiger partial charge is 0.450 e. The molecule has 0 aliphatic carbocycles. The highest BCUT2D eigenvalue weighted by atomic mass is 16.6. The third kappa shape index (κ3) is 4.24. The van der Waals surface area contributed by atoms with Crippen LogP contribution in [0.1, 0.15) is 33.6 Å². The predicted octanol–water partition coefficient (Wildman–Crippen LogP) is 1.38. The van der Waals surface area contributed by atoms with Gasteiger partial charge in [-0.15, -0.1) is 0 Å². The molecule has 0 aromatic carbocycles. The second kappa shape index (κ2) is 6.47. The molecule has 98 valence electrons. The first-order valence-corrected chi connectivity index (χ1v) is 6.26. The van der Waals surface area contributed by atoms with Crippen LogP contribution in [-0.2, 0) is 9.53 Å². The third-order valence-corrected chi connectivity index (χ3v) is 2.75. The number of ether oxygens (including phenoxy) is 1. The molecule has 0 aromatic rings. The average Bonchev–Trinajstić information content (AvgIpc) is 2.28. The Bertz CT molecular complexity index is 279. The minimum absolute atomic E-state index is 0.0361. The lowest BCUT2D eigenvalue weighted by atomic mass is 9.97. The molecule has 1 N–H and O–H groups in total. The van der Waals surface area contributed by atoms with Gasteiger partial charge in [0.25, 0.3) is 0 Å². The first-order valence-electron chi connectivity index (χ1n) is 6.26. The van der Waals surface area contributed by atoms with Crippen LogP contribution in [0.15, 0.2) is 0 Å². The van der Waals surface area contributed by atoms with Gasteiger partial charge in [0, 0.05) is 19.1 Å². The van der Waals surface area contributed by atoms with Crippen molar-refractivity contribution in [3.05, 3.63) is 0 Å². The number of carbonyl (C=O) groups excluding carboxylic acids is 2. The Kier molecular flexibility index (Phi) is 5.25. The minimum atomic E-state index is -0.311. The van der Waals surface area contributed by atoms with Crippen LogP contribution >= 0.6 is 0 Å². The van der Waals surface area contributed by atoms with Gasteiger partial charge in [-0.3, -0.25) is 4.79 Å². The molecule has 1 atom stereocenters. The molecular formula is C12H22N2O3. The normalized spacial score (nSPS) is 20.2. The maximum atomic E-state index is 11.8. The van der Waals surface area contributed by atoms with Crippen molar-refractivity contribution in [2.45, 2.75) is 39.7 Å². The maximum Gasteiger partial charge on any atom is 0.409 e. The highest BCUT2D eigenvalue weighted by molar-refractivity contribution is 5.80. The van der Waals surface area contributed by atoms with E-state index in [1.807, 2.05) is 13.8 Å². The van der Waals surface area contributed by atoms with E-state index < -0.39 is 0 Å². The molecule has 0 spiro atoms. The number of nitrogens with one attached hydrogen (secondary N) is 1. The van der Waals surface area contributed by atoms with Crippen molar-refractivity contribution in [3.8, 4) is 0 Å². The second-order valence-electron chi connectivity index (χ2n) is 4.65. The predicted molar refractivity (Wildman–Crippen MR) is 64.6 cm³/mol. The van der Waals surface area contributed by atoms with Gasteiger partial charge in [0.1, 0.15) is 0 Å². The number of likely N-dealkylation sites (tertiary alicyclic amines) is 1. The first-order chi connectivity index (χ1) is 8.04. The number of hydrogen-bond acceptors (Lipinski definition) is 3. The maximum absolute atomic E-state index is 11.8. The zero-order chi connectivity index (χ0) is 12.8. The Morgan fingerprint density at radius 2 is 2.18 bits per heavy atom. The van der Waals surface area contributed by atoms with Gasteiger partial charge in [-0.25, -0.2) is 4.79 Å². The molecule has 1 aliphatic heterocycles. The fourth-order valence-corrected chi connectivity index (χ4v) is 1.97. The van der Waals surface area contributed by atoms with E-state index >= 15 is 0 Å². The quantitative estimate of drug-likeness (QED) is 0.813. The number of carbonyl (C=O) groups is 2. The fraction of sp³-hybridized carbons (Fsp3) is 0.833. The molecule has 2 amide bonds. The molecule has 1 aliphatic rings. The summed E-state index contributed by atoms with van der Waals surface area (Å²) < 4.78 is 4.95. The van der Waals surface area contributed by atoms with Gasteiger partial charge >= 0.3 is 6.09 Å². The smallest absolute Gasteiger partial charge is 0.409 e. The zero-order valence-corrected chi connectivity index (χ0v) is 10.9. The van der Waals surface area contributed by atoms with Gasteiger partial charge < -0.3 is 15.0 Å². The van der Waals surface area contributed by atoms with Crippen molar-refractivity contribution in [1.29, 1.82) is 0 Å². The number of nitrogens with zero attached hydrogens (tertiary/aromatic N) is 1. The monoisotopic (exact) mass is 242 g/mol. The van der Waals surface area contributed by atoms with E-state index in [-0.39, 0.29) is 24.0 Å². The summed E-state index contributed by atoms with van der Waals surface area (Å²) in [4.78, 5) is 25.0. The van der Waals surface area contributed by atoms with Crippen LogP contribution < -0.4 is 5.32 Å². The Morgan fingerprint density at radius 1 is 1.47 bits per heavy atom. The van der Waals surface area contributed by atoms with Crippen LogP contribution in [0.5, 0.6) is 0 Å². The summed E-state index contributed by atoms with van der Waals surface area (Å²) in [6.45, 7) is 7.18. The zero-order valence-electron chi connectivity index (χ0n) is 10.9. The number of piperidine rings is 1. The van der Waals surface area contributed by atoms with E-state index in [1.54, 1.807) is 11.8 Å². The van der Waals surface area contributed by atoms with Crippen LogP contribution in [0.25, 0.3) is 0 Å². The summed E-state index contributed by atoms with van der Waals surface area (Å²) in [6, 6.07) is 0.139. The van der Waals surface area contributed by atoms with E-state index in [0.717, 1.165) is 12.8 Å². The lowest BCUT2D eigenvalue weighted by molar-refractivity contribution is -0.126. The molecule has 5 heteroatoms. The molecule has 17 heavy (non-hydrogen) atoms. The standard InChI is InChI=1S/C12H22N2O3/c1-4-17-12(16)14-7-5-6-10(8-14)11(15)13-9(2)3/h9-10H,4-8H2,1-3H3,(H,13,15). The molecule has 0 bridgehead atoms. The van der Waals surface area contributed by atoms with Crippen LogP contribution in [0.4, 0.5) is 4.79 Å². The van der Waals surface area contributed by atoms with E-state index in [9.17, 15) is 9.59 Å². The topological polar surface area (TPSA) is 58.6 Å². The summed E-state index contributed by atoms with van der Waals surface area (Å²) in [6.07, 6.45) is 1.39. The van der Waals surface area contributed by atoms with Gasteiger partial charge in [0.05, 0.1) is 12.5 Å². The molecule has 0 aromatic heterocycles. The van der Waals surface area contributed by atoms with E-state index in [0.29, 0.717) is 19.7 Å². The van der Waals surface area contributed by atoms with Crippen molar-refractivity contribution in [1.82, 2.24) is 10.2 Å². The molecule has 1 rings (SSSR count). The molecule has 1 unspecified atom stereocenters. The van der Waals surface area contributed by atoms with Gasteiger partial charge in [0.15, 0.2) is 0 Å². The summed E-state index contributed by atoms with van der Waals surface area (Å²) in [7, 11) is 0. The highest BCUT2D eigenvalue weighted by Gasteiger charge is 2.29. The summed E-state index contributed by atoms with van der Waals surface area (Å²) in [5.41, 5.74) is 0. The molecule has 5 nitrogen and oxygen atoms in total. The number of hydrogen-bond donors (Lipinski definition) is 1. The summed E-state index contributed by atoms with van der Waals surface area (Å²) in [5, 5.41) is 2.89. The van der Waals surface area contributed by atoms with Crippen molar-refractivity contribution in [3.63, 3.8) is 0 Å². The van der Waals surface area contributed by atoms with Gasteiger partial charge in [-0.05, 0) is 33.6 Å². The van der Waals surface area contributed by atoms with Crippen LogP contribution in [-0.4, -0.2) is 42.6 Å². The summed E-state index contributed by atoms with van der Waals surface area (Å²) in [5.74, 6) is -0.0652. The molecule has 0 saturated carbocycles. The summed E-state index contributed by atoms with van der Waals surface area (Å²) >= 11 is 0. The van der Waals surface area contributed by atoms with E-state index in [1.165, 1.54) is 0 Å².